The molecule has 0 aliphatic heterocycles. The molecule has 1 aromatic carbocycles. The van der Waals surface area contributed by atoms with E-state index in [4.69, 9.17) is 0 Å². The van der Waals surface area contributed by atoms with Gasteiger partial charge in [-0.2, -0.15) is 0 Å². The van der Waals surface area contributed by atoms with Crippen LogP contribution in [-0.2, 0) is 11.2 Å². The molecule has 0 spiro atoms. The second-order valence-corrected chi connectivity index (χ2v) is 4.21. The second-order valence-electron chi connectivity index (χ2n) is 4.21. The lowest BCUT2D eigenvalue weighted by Crippen LogP contribution is -2.32. The fourth-order valence-corrected chi connectivity index (χ4v) is 1.76. The molecule has 1 aromatic heterocycles. The summed E-state index contributed by atoms with van der Waals surface area (Å²) in [5.41, 5.74) is 1.23. The van der Waals surface area contributed by atoms with Crippen LogP contribution in [0.1, 0.15) is 18.5 Å². The van der Waals surface area contributed by atoms with Crippen LogP contribution in [0.25, 0.3) is 0 Å². The number of nitrogens with one attached hydrogen (secondary N) is 1. The standard InChI is InChI=1S/C14H17N3O/c1-12(17-10-9-15-11-17)14(18)16-8-7-13-5-3-2-4-6-13/h2-6,9-12H,7-8H2,1H3,(H,16,18). The van der Waals surface area contributed by atoms with Gasteiger partial charge in [0.15, 0.2) is 0 Å². The molecular formula is C14H17N3O. The molecule has 0 saturated carbocycles. The lowest BCUT2D eigenvalue weighted by Gasteiger charge is -2.13. The Morgan fingerprint density at radius 1 is 1.39 bits per heavy atom. The van der Waals surface area contributed by atoms with E-state index in [2.05, 4.69) is 22.4 Å². The second kappa shape index (κ2) is 6.00. The number of amides is 1. The maximum Gasteiger partial charge on any atom is 0.242 e. The van der Waals surface area contributed by atoms with E-state index < -0.39 is 0 Å². The third-order valence-electron chi connectivity index (χ3n) is 2.91. The highest BCUT2D eigenvalue weighted by Crippen LogP contribution is 2.04. The van der Waals surface area contributed by atoms with Gasteiger partial charge in [-0.3, -0.25) is 4.79 Å². The van der Waals surface area contributed by atoms with Crippen LogP contribution >= 0.6 is 0 Å². The number of benzene rings is 1. The Kier molecular flexibility index (Phi) is 4.12. The molecule has 0 aliphatic rings. The van der Waals surface area contributed by atoms with Gasteiger partial charge in [-0.1, -0.05) is 30.3 Å². The number of imidazole rings is 1. The van der Waals surface area contributed by atoms with Crippen LogP contribution in [0.4, 0.5) is 0 Å². The smallest absolute Gasteiger partial charge is 0.242 e. The lowest BCUT2D eigenvalue weighted by molar-refractivity contribution is -0.123. The van der Waals surface area contributed by atoms with Crippen molar-refractivity contribution >= 4 is 5.91 Å². The molecule has 1 heterocycles. The Morgan fingerprint density at radius 3 is 2.83 bits per heavy atom. The lowest BCUT2D eigenvalue weighted by atomic mass is 10.1. The molecule has 1 unspecified atom stereocenters. The van der Waals surface area contributed by atoms with Crippen LogP contribution in [0, 0.1) is 0 Å². The average Bonchev–Trinajstić information content (AvgIpc) is 2.93. The Balaban J connectivity index is 1.79. The van der Waals surface area contributed by atoms with Crippen molar-refractivity contribution in [3.63, 3.8) is 0 Å². The van der Waals surface area contributed by atoms with Crippen molar-refractivity contribution in [1.29, 1.82) is 0 Å². The summed E-state index contributed by atoms with van der Waals surface area (Å²) in [4.78, 5) is 15.8. The van der Waals surface area contributed by atoms with E-state index in [1.54, 1.807) is 23.3 Å². The molecule has 2 rings (SSSR count). The van der Waals surface area contributed by atoms with Crippen LogP contribution < -0.4 is 5.32 Å². The summed E-state index contributed by atoms with van der Waals surface area (Å²) < 4.78 is 1.79. The van der Waals surface area contributed by atoms with Crippen LogP contribution in [0.15, 0.2) is 49.1 Å². The van der Waals surface area contributed by atoms with Gasteiger partial charge >= 0.3 is 0 Å². The Hall–Kier alpha value is -2.10. The maximum absolute atomic E-state index is 11.9. The van der Waals surface area contributed by atoms with E-state index in [-0.39, 0.29) is 11.9 Å². The maximum atomic E-state index is 11.9. The molecule has 2 aromatic rings. The third kappa shape index (κ3) is 3.20. The number of rotatable bonds is 5. The van der Waals surface area contributed by atoms with Gasteiger partial charge in [0.2, 0.25) is 5.91 Å². The van der Waals surface area contributed by atoms with Crippen molar-refractivity contribution in [3.05, 3.63) is 54.6 Å². The van der Waals surface area contributed by atoms with Crippen LogP contribution in [0.3, 0.4) is 0 Å². The largest absolute Gasteiger partial charge is 0.354 e. The first-order valence-electron chi connectivity index (χ1n) is 6.06. The molecule has 0 fully saturated rings. The third-order valence-corrected chi connectivity index (χ3v) is 2.91. The minimum absolute atomic E-state index is 0.0175. The van der Waals surface area contributed by atoms with Crippen LogP contribution in [-0.4, -0.2) is 22.0 Å². The van der Waals surface area contributed by atoms with Gasteiger partial charge in [-0.15, -0.1) is 0 Å². The van der Waals surface area contributed by atoms with Gasteiger partial charge in [-0.05, 0) is 18.9 Å². The van der Waals surface area contributed by atoms with Gasteiger partial charge in [0.25, 0.3) is 0 Å². The van der Waals surface area contributed by atoms with E-state index in [0.29, 0.717) is 6.54 Å². The molecule has 1 amide bonds. The van der Waals surface area contributed by atoms with Gasteiger partial charge < -0.3 is 9.88 Å². The predicted molar refractivity (Wildman–Crippen MR) is 70.1 cm³/mol. The van der Waals surface area contributed by atoms with Crippen LogP contribution in [0.5, 0.6) is 0 Å². The molecule has 1 atom stereocenters. The van der Waals surface area contributed by atoms with Gasteiger partial charge in [0.05, 0.1) is 6.33 Å². The zero-order chi connectivity index (χ0) is 12.8. The van der Waals surface area contributed by atoms with E-state index in [9.17, 15) is 4.79 Å². The summed E-state index contributed by atoms with van der Waals surface area (Å²) in [6.07, 6.45) is 5.97. The highest BCUT2D eigenvalue weighted by Gasteiger charge is 2.12. The van der Waals surface area contributed by atoms with Gasteiger partial charge in [0, 0.05) is 18.9 Å². The molecule has 18 heavy (non-hydrogen) atoms. The molecule has 0 aliphatic carbocycles. The van der Waals surface area contributed by atoms with Crippen molar-refractivity contribution in [2.45, 2.75) is 19.4 Å². The zero-order valence-electron chi connectivity index (χ0n) is 10.4. The minimum Gasteiger partial charge on any atom is -0.354 e. The molecule has 4 heteroatoms. The van der Waals surface area contributed by atoms with Crippen molar-refractivity contribution in [2.24, 2.45) is 0 Å². The highest BCUT2D eigenvalue weighted by molar-refractivity contribution is 5.79. The van der Waals surface area contributed by atoms with Crippen molar-refractivity contribution < 1.29 is 4.79 Å². The van der Waals surface area contributed by atoms with Crippen molar-refractivity contribution in [3.8, 4) is 0 Å². The first-order chi connectivity index (χ1) is 8.77. The fourth-order valence-electron chi connectivity index (χ4n) is 1.76. The quantitative estimate of drug-likeness (QED) is 0.870. The van der Waals surface area contributed by atoms with E-state index in [0.717, 1.165) is 6.42 Å². The normalized spacial score (nSPS) is 12.1. The van der Waals surface area contributed by atoms with E-state index in [1.807, 2.05) is 25.1 Å². The van der Waals surface area contributed by atoms with Gasteiger partial charge in [0.1, 0.15) is 6.04 Å². The SMILES string of the molecule is CC(C(=O)NCCc1ccccc1)n1ccnc1. The topological polar surface area (TPSA) is 46.9 Å². The minimum atomic E-state index is -0.219. The average molecular weight is 243 g/mol. The molecule has 94 valence electrons. The Morgan fingerprint density at radius 2 is 2.17 bits per heavy atom. The number of nitrogens with zero attached hydrogens (tertiary/aromatic N) is 2. The number of carbonyl (C=O) groups excluding carboxylic acids is 1. The zero-order valence-corrected chi connectivity index (χ0v) is 10.4. The molecule has 0 radical (unpaired) electrons. The Bertz CT molecular complexity index is 479. The number of hydrogen-bond acceptors (Lipinski definition) is 2. The fraction of sp³-hybridized carbons (Fsp3) is 0.286. The number of carbonyl (C=O) groups is 1. The summed E-state index contributed by atoms with van der Waals surface area (Å²) in [5, 5.41) is 2.93. The van der Waals surface area contributed by atoms with Crippen LogP contribution in [0.2, 0.25) is 0 Å². The van der Waals surface area contributed by atoms with Crippen molar-refractivity contribution in [2.75, 3.05) is 6.54 Å². The molecule has 0 saturated heterocycles. The first-order valence-corrected chi connectivity index (χ1v) is 6.06. The van der Waals surface area contributed by atoms with E-state index in [1.165, 1.54) is 5.56 Å². The van der Waals surface area contributed by atoms with Crippen molar-refractivity contribution in [1.82, 2.24) is 14.9 Å². The summed E-state index contributed by atoms with van der Waals surface area (Å²) in [6.45, 7) is 2.52. The first kappa shape index (κ1) is 12.4. The molecular weight excluding hydrogens is 226 g/mol. The molecule has 0 bridgehead atoms. The van der Waals surface area contributed by atoms with Gasteiger partial charge in [-0.25, -0.2) is 4.98 Å². The predicted octanol–water partition coefficient (Wildman–Crippen LogP) is 1.80. The monoisotopic (exact) mass is 243 g/mol. The number of aromatic nitrogens is 2. The highest BCUT2D eigenvalue weighted by atomic mass is 16.2. The summed E-state index contributed by atoms with van der Waals surface area (Å²) in [5.74, 6) is 0.0175. The summed E-state index contributed by atoms with van der Waals surface area (Å²) >= 11 is 0. The number of hydrogen-bond donors (Lipinski definition) is 1. The summed E-state index contributed by atoms with van der Waals surface area (Å²) in [6, 6.07) is 9.90. The Labute approximate surface area is 107 Å². The molecule has 4 nitrogen and oxygen atoms in total. The summed E-state index contributed by atoms with van der Waals surface area (Å²) in [7, 11) is 0. The van der Waals surface area contributed by atoms with E-state index >= 15 is 0 Å². The molecule has 1 N–H and O–H groups in total.